The van der Waals surface area contributed by atoms with Crippen LogP contribution in [0.1, 0.15) is 28.4 Å². The Kier molecular flexibility index (Phi) is 5.24. The van der Waals surface area contributed by atoms with Gasteiger partial charge in [-0.25, -0.2) is 8.42 Å². The van der Waals surface area contributed by atoms with Gasteiger partial charge in [0.15, 0.2) is 0 Å². The summed E-state index contributed by atoms with van der Waals surface area (Å²) in [6, 6.07) is 10.8. The number of non-ortho nitro benzene ring substituents is 1. The van der Waals surface area contributed by atoms with E-state index in [4.69, 9.17) is 0 Å². The van der Waals surface area contributed by atoms with E-state index in [2.05, 4.69) is 5.32 Å². The van der Waals surface area contributed by atoms with Crippen LogP contribution in [0.4, 0.5) is 11.4 Å². The van der Waals surface area contributed by atoms with E-state index in [1.165, 1.54) is 28.6 Å². The van der Waals surface area contributed by atoms with Crippen LogP contribution in [0.25, 0.3) is 0 Å². The molecule has 0 radical (unpaired) electrons. The van der Waals surface area contributed by atoms with Crippen molar-refractivity contribution in [3.8, 4) is 0 Å². The van der Waals surface area contributed by atoms with E-state index < -0.39 is 20.9 Å². The molecule has 0 atom stereocenters. The van der Waals surface area contributed by atoms with Crippen molar-refractivity contribution < 1.29 is 18.1 Å². The Labute approximate surface area is 157 Å². The van der Waals surface area contributed by atoms with Crippen LogP contribution in [0.2, 0.25) is 0 Å². The quantitative estimate of drug-likeness (QED) is 0.624. The van der Waals surface area contributed by atoms with E-state index in [1.807, 2.05) is 6.07 Å². The largest absolute Gasteiger partial charge is 0.322 e. The van der Waals surface area contributed by atoms with Crippen molar-refractivity contribution in [1.29, 1.82) is 0 Å². The topological polar surface area (TPSA) is 110 Å². The number of nitro groups is 1. The first kappa shape index (κ1) is 19.0. The molecule has 1 aliphatic heterocycles. The molecule has 0 unspecified atom stereocenters. The second-order valence-corrected chi connectivity index (χ2v) is 8.49. The molecule has 0 aromatic heterocycles. The summed E-state index contributed by atoms with van der Waals surface area (Å²) in [6.07, 6.45) is 0.619. The van der Waals surface area contributed by atoms with Crippen molar-refractivity contribution in [1.82, 2.24) is 4.31 Å². The fraction of sp³-hybridized carbons (Fsp3) is 0.278. The molecule has 8 nitrogen and oxygen atoms in total. The van der Waals surface area contributed by atoms with Gasteiger partial charge in [-0.3, -0.25) is 14.9 Å². The summed E-state index contributed by atoms with van der Waals surface area (Å²) in [5, 5.41) is 13.6. The highest BCUT2D eigenvalue weighted by Gasteiger charge is 2.25. The number of benzene rings is 2. The van der Waals surface area contributed by atoms with Gasteiger partial charge < -0.3 is 5.32 Å². The van der Waals surface area contributed by atoms with E-state index in [-0.39, 0.29) is 23.5 Å². The van der Waals surface area contributed by atoms with E-state index in [0.717, 1.165) is 11.1 Å². The molecular weight excluding hydrogens is 370 g/mol. The molecule has 0 saturated carbocycles. The maximum Gasteiger partial charge on any atom is 0.270 e. The van der Waals surface area contributed by atoms with Gasteiger partial charge in [-0.1, -0.05) is 12.1 Å². The van der Waals surface area contributed by atoms with Gasteiger partial charge in [0.05, 0.1) is 10.7 Å². The summed E-state index contributed by atoms with van der Waals surface area (Å²) in [6.45, 7) is 2.33. The zero-order valence-corrected chi connectivity index (χ0v) is 15.5. The van der Waals surface area contributed by atoms with Gasteiger partial charge in [0, 0.05) is 36.5 Å². The van der Waals surface area contributed by atoms with Crippen LogP contribution in [0.15, 0.2) is 42.5 Å². The minimum Gasteiger partial charge on any atom is -0.322 e. The Morgan fingerprint density at radius 1 is 1.22 bits per heavy atom. The number of carbonyl (C=O) groups excluding carboxylic acids is 1. The van der Waals surface area contributed by atoms with Crippen molar-refractivity contribution in [2.75, 3.05) is 17.6 Å². The number of anilines is 1. The minimum atomic E-state index is -3.27. The van der Waals surface area contributed by atoms with Crippen molar-refractivity contribution in [2.24, 2.45) is 0 Å². The van der Waals surface area contributed by atoms with E-state index in [9.17, 15) is 23.3 Å². The third kappa shape index (κ3) is 4.15. The van der Waals surface area contributed by atoms with Crippen LogP contribution in [-0.2, 0) is 23.0 Å². The molecule has 1 N–H and O–H groups in total. The Morgan fingerprint density at radius 3 is 2.70 bits per heavy atom. The average molecular weight is 389 g/mol. The lowest BCUT2D eigenvalue weighted by Gasteiger charge is -2.28. The Morgan fingerprint density at radius 2 is 2.00 bits per heavy atom. The molecule has 142 valence electrons. The van der Waals surface area contributed by atoms with Gasteiger partial charge in [-0.2, -0.15) is 4.31 Å². The first-order chi connectivity index (χ1) is 12.8. The maximum atomic E-state index is 12.4. The van der Waals surface area contributed by atoms with Crippen LogP contribution in [0, 0.1) is 10.1 Å². The number of amides is 1. The number of hydrogen-bond donors (Lipinski definition) is 1. The Balaban J connectivity index is 1.79. The van der Waals surface area contributed by atoms with E-state index >= 15 is 0 Å². The molecule has 0 spiro atoms. The van der Waals surface area contributed by atoms with Gasteiger partial charge in [-0.15, -0.1) is 0 Å². The molecule has 2 aromatic carbocycles. The van der Waals surface area contributed by atoms with Crippen LogP contribution < -0.4 is 5.32 Å². The number of sulfonamides is 1. The lowest BCUT2D eigenvalue weighted by atomic mass is 10.0. The number of fused-ring (bicyclic) bond motifs is 1. The van der Waals surface area contributed by atoms with Crippen molar-refractivity contribution in [2.45, 2.75) is 19.9 Å². The lowest BCUT2D eigenvalue weighted by molar-refractivity contribution is -0.384. The molecule has 0 saturated heterocycles. The van der Waals surface area contributed by atoms with E-state index in [1.54, 1.807) is 19.1 Å². The standard InChI is InChI=1S/C18H19N3O5S/c1-2-27(25,26)20-9-8-13-6-7-16(10-15(13)12-20)19-18(22)14-4-3-5-17(11-14)21(23)24/h3-7,10-11H,2,8-9,12H2,1H3,(H,19,22). The van der Waals surface area contributed by atoms with Crippen LogP contribution in [-0.4, -0.2) is 35.9 Å². The molecule has 3 rings (SSSR count). The van der Waals surface area contributed by atoms with Crippen molar-refractivity contribution in [3.05, 3.63) is 69.3 Å². The third-order valence-corrected chi connectivity index (χ3v) is 6.35. The first-order valence-electron chi connectivity index (χ1n) is 8.45. The third-order valence-electron chi connectivity index (χ3n) is 4.52. The van der Waals surface area contributed by atoms with Crippen molar-refractivity contribution in [3.63, 3.8) is 0 Å². The fourth-order valence-electron chi connectivity index (χ4n) is 2.99. The van der Waals surface area contributed by atoms with Gasteiger partial charge in [0.25, 0.3) is 11.6 Å². The summed E-state index contributed by atoms with van der Waals surface area (Å²) in [5.41, 5.74) is 2.42. The summed E-state index contributed by atoms with van der Waals surface area (Å²) in [4.78, 5) is 22.7. The second kappa shape index (κ2) is 7.45. The molecule has 1 aliphatic rings. The molecule has 27 heavy (non-hydrogen) atoms. The van der Waals surface area contributed by atoms with Crippen LogP contribution in [0.5, 0.6) is 0 Å². The highest BCUT2D eigenvalue weighted by molar-refractivity contribution is 7.89. The van der Waals surface area contributed by atoms with Gasteiger partial charge in [0.1, 0.15) is 0 Å². The maximum absolute atomic E-state index is 12.4. The molecular formula is C18H19N3O5S. The monoisotopic (exact) mass is 389 g/mol. The first-order valence-corrected chi connectivity index (χ1v) is 10.1. The molecule has 0 fully saturated rings. The molecule has 1 amide bonds. The zero-order valence-electron chi connectivity index (χ0n) is 14.7. The number of nitro benzene ring substituents is 1. The van der Waals surface area contributed by atoms with Gasteiger partial charge in [-0.05, 0) is 42.7 Å². The molecule has 9 heteroatoms. The number of rotatable bonds is 5. The summed E-state index contributed by atoms with van der Waals surface area (Å²) < 4.78 is 25.6. The lowest BCUT2D eigenvalue weighted by Crippen LogP contribution is -2.36. The average Bonchev–Trinajstić information content (AvgIpc) is 2.67. The fourth-order valence-corrected chi connectivity index (χ4v) is 4.06. The summed E-state index contributed by atoms with van der Waals surface area (Å²) in [5.74, 6) is -0.418. The van der Waals surface area contributed by atoms with Crippen LogP contribution in [0.3, 0.4) is 0 Å². The van der Waals surface area contributed by atoms with Gasteiger partial charge >= 0.3 is 0 Å². The summed E-state index contributed by atoms with van der Waals surface area (Å²) in [7, 11) is -3.27. The Bertz CT molecular complexity index is 1000. The van der Waals surface area contributed by atoms with Crippen LogP contribution >= 0.6 is 0 Å². The molecule has 1 heterocycles. The predicted molar refractivity (Wildman–Crippen MR) is 101 cm³/mol. The van der Waals surface area contributed by atoms with E-state index in [0.29, 0.717) is 18.7 Å². The summed E-state index contributed by atoms with van der Waals surface area (Å²) >= 11 is 0. The Hall–Kier alpha value is -2.78. The zero-order chi connectivity index (χ0) is 19.6. The molecule has 0 aliphatic carbocycles. The number of carbonyl (C=O) groups is 1. The number of nitrogens with zero attached hydrogens (tertiary/aromatic N) is 2. The highest BCUT2D eigenvalue weighted by Crippen LogP contribution is 2.25. The smallest absolute Gasteiger partial charge is 0.270 e. The predicted octanol–water partition coefficient (Wildman–Crippen LogP) is 2.55. The SMILES string of the molecule is CCS(=O)(=O)N1CCc2ccc(NC(=O)c3cccc([N+](=O)[O-])c3)cc2C1. The minimum absolute atomic E-state index is 0.0472. The number of hydrogen-bond acceptors (Lipinski definition) is 5. The molecule has 2 aromatic rings. The highest BCUT2D eigenvalue weighted by atomic mass is 32.2. The normalized spacial score (nSPS) is 14.4. The molecule has 0 bridgehead atoms. The van der Waals surface area contributed by atoms with Crippen molar-refractivity contribution >= 4 is 27.3 Å². The van der Waals surface area contributed by atoms with Gasteiger partial charge in [0.2, 0.25) is 10.0 Å². The second-order valence-electron chi connectivity index (χ2n) is 6.23. The number of nitrogens with one attached hydrogen (secondary N) is 1.